The van der Waals surface area contributed by atoms with Crippen LogP contribution in [0.1, 0.15) is 51.9 Å². The van der Waals surface area contributed by atoms with Crippen molar-refractivity contribution in [2.45, 2.75) is 57.2 Å². The van der Waals surface area contributed by atoms with Gasteiger partial charge < -0.3 is 0 Å². The van der Waals surface area contributed by atoms with Crippen molar-refractivity contribution in [1.82, 2.24) is 0 Å². The molecule has 0 heterocycles. The number of hydrogen-bond acceptors (Lipinski definition) is 0. The maximum Gasteiger partial charge on any atom is 0.211 e. The maximum atomic E-state index is 2.28. The third-order valence-electron chi connectivity index (χ3n) is 1.96. The lowest BCUT2D eigenvalue weighted by atomic mass is 10.1. The Balaban J connectivity index is 2.65. The minimum atomic E-state index is 1.38. The summed E-state index contributed by atoms with van der Waals surface area (Å²) in [5, 5.41) is 1.51. The second kappa shape index (κ2) is 9.53. The Morgan fingerprint density at radius 2 is 1.30 bits per heavy atom. The molecular weight excluding hydrogens is 135 g/mol. The zero-order valence-electron chi connectivity index (χ0n) is 7.66. The van der Waals surface area contributed by atoms with Gasteiger partial charge in [0.1, 0.15) is 0 Å². The van der Waals surface area contributed by atoms with Gasteiger partial charge in [0.15, 0.2) is 0 Å². The molecule has 0 saturated heterocycles. The lowest BCUT2D eigenvalue weighted by Crippen LogP contribution is -1.78. The summed E-state index contributed by atoms with van der Waals surface area (Å²) in [6, 6.07) is 0. The molecule has 60 valence electrons. The molecule has 0 aromatic heterocycles. The summed E-state index contributed by atoms with van der Waals surface area (Å²) in [6.45, 7) is 2.28. The molecule has 0 rings (SSSR count). The van der Waals surface area contributed by atoms with Crippen LogP contribution < -0.4 is 0 Å². The Kier molecular flexibility index (Phi) is 10.0. The molecule has 0 fully saturated rings. The van der Waals surface area contributed by atoms with Gasteiger partial charge in [-0.3, -0.25) is 0 Å². The molecule has 0 aromatic rings. The van der Waals surface area contributed by atoms with Crippen molar-refractivity contribution in [1.29, 1.82) is 0 Å². The van der Waals surface area contributed by atoms with E-state index in [0.717, 1.165) is 0 Å². The lowest BCUT2D eigenvalue weighted by molar-refractivity contribution is 0.602. The molecule has 0 amide bonds. The standard InChI is InChI=1S/C9H19.Al.2H/c1-3-5-7-9-8-6-4-2;;;/h1,3-9H2,2H3;;;. The molecule has 0 aliphatic heterocycles. The highest BCUT2D eigenvalue weighted by molar-refractivity contribution is 6.08. The monoisotopic (exact) mass is 156 g/mol. The van der Waals surface area contributed by atoms with Crippen LogP contribution in [0.5, 0.6) is 0 Å². The first-order valence-corrected chi connectivity index (χ1v) is 6.33. The molecular formula is C9H21Al. The van der Waals surface area contributed by atoms with Crippen molar-refractivity contribution in [2.24, 2.45) is 0 Å². The first-order chi connectivity index (χ1) is 4.91. The van der Waals surface area contributed by atoms with Crippen molar-refractivity contribution in [3.63, 3.8) is 0 Å². The molecule has 0 aliphatic carbocycles. The first-order valence-electron chi connectivity index (χ1n) is 4.91. The van der Waals surface area contributed by atoms with Crippen LogP contribution in [0.4, 0.5) is 0 Å². The SMILES string of the molecule is CCCCCCCC[CH2][AlH2]. The highest BCUT2D eigenvalue weighted by Gasteiger charge is 1.87. The summed E-state index contributed by atoms with van der Waals surface area (Å²) in [7, 11) is 0. The quantitative estimate of drug-likeness (QED) is 0.393. The van der Waals surface area contributed by atoms with Crippen LogP contribution in [-0.4, -0.2) is 16.3 Å². The van der Waals surface area contributed by atoms with Gasteiger partial charge in [0, 0.05) is 0 Å². The summed E-state index contributed by atoms with van der Waals surface area (Å²) in [5.41, 5.74) is 0. The molecule has 0 aromatic carbocycles. The summed E-state index contributed by atoms with van der Waals surface area (Å²) in [5.74, 6) is 0. The van der Waals surface area contributed by atoms with Crippen LogP contribution in [-0.2, 0) is 0 Å². The van der Waals surface area contributed by atoms with Gasteiger partial charge >= 0.3 is 0 Å². The first kappa shape index (κ1) is 10.5. The highest BCUT2D eigenvalue weighted by Crippen LogP contribution is 2.07. The summed E-state index contributed by atoms with van der Waals surface area (Å²) < 4.78 is 0. The van der Waals surface area contributed by atoms with Crippen molar-refractivity contribution in [2.75, 3.05) is 0 Å². The van der Waals surface area contributed by atoms with E-state index in [1.54, 1.807) is 0 Å². The average Bonchev–Trinajstić information content (AvgIpc) is 1.97. The minimum Gasteiger partial charge on any atom is -0.101 e. The third kappa shape index (κ3) is 8.53. The molecule has 10 heavy (non-hydrogen) atoms. The Labute approximate surface area is 73.8 Å². The van der Waals surface area contributed by atoms with E-state index in [9.17, 15) is 0 Å². The van der Waals surface area contributed by atoms with E-state index in [0.29, 0.717) is 0 Å². The normalized spacial score (nSPS) is 10.1. The second-order valence-electron chi connectivity index (χ2n) is 3.12. The fraction of sp³-hybridized carbons (Fsp3) is 1.00. The predicted octanol–water partition coefficient (Wildman–Crippen LogP) is 2.79. The summed E-state index contributed by atoms with van der Waals surface area (Å²) >= 11 is 1.41. The van der Waals surface area contributed by atoms with E-state index in [1.807, 2.05) is 0 Å². The Hall–Kier alpha value is 0.532. The molecule has 0 saturated carbocycles. The predicted molar refractivity (Wildman–Crippen MR) is 51.3 cm³/mol. The van der Waals surface area contributed by atoms with E-state index in [4.69, 9.17) is 0 Å². The highest BCUT2D eigenvalue weighted by atomic mass is 27.0. The zero-order valence-corrected chi connectivity index (χ0v) is 9.66. The van der Waals surface area contributed by atoms with Crippen molar-refractivity contribution in [3.05, 3.63) is 0 Å². The van der Waals surface area contributed by atoms with Crippen LogP contribution >= 0.6 is 0 Å². The van der Waals surface area contributed by atoms with Gasteiger partial charge in [-0.15, -0.1) is 5.28 Å². The van der Waals surface area contributed by atoms with Gasteiger partial charge in [0.2, 0.25) is 16.3 Å². The fourth-order valence-corrected chi connectivity index (χ4v) is 1.71. The molecule has 0 unspecified atom stereocenters. The van der Waals surface area contributed by atoms with E-state index >= 15 is 0 Å². The number of rotatable bonds is 7. The average molecular weight is 156 g/mol. The molecule has 0 bridgehead atoms. The van der Waals surface area contributed by atoms with Crippen LogP contribution in [0.2, 0.25) is 5.28 Å². The largest absolute Gasteiger partial charge is 0.211 e. The number of unbranched alkanes of at least 4 members (excludes halogenated alkanes) is 6. The van der Waals surface area contributed by atoms with Gasteiger partial charge in [0.05, 0.1) is 0 Å². The molecule has 0 radical (unpaired) electrons. The second-order valence-corrected chi connectivity index (χ2v) is 4.12. The van der Waals surface area contributed by atoms with Gasteiger partial charge in [0.25, 0.3) is 0 Å². The maximum absolute atomic E-state index is 2.28. The van der Waals surface area contributed by atoms with E-state index in [1.165, 1.54) is 66.5 Å². The molecule has 0 spiro atoms. The van der Waals surface area contributed by atoms with E-state index < -0.39 is 0 Å². The molecule has 0 N–H and O–H groups in total. The fourth-order valence-electron chi connectivity index (χ4n) is 1.21. The van der Waals surface area contributed by atoms with Crippen molar-refractivity contribution >= 4 is 16.3 Å². The van der Waals surface area contributed by atoms with Gasteiger partial charge in [-0.25, -0.2) is 0 Å². The Morgan fingerprint density at radius 3 is 1.80 bits per heavy atom. The minimum absolute atomic E-state index is 1.38. The zero-order chi connectivity index (χ0) is 7.66. The Bertz CT molecular complexity index is 44.7. The number of hydrogen-bond donors (Lipinski definition) is 0. The van der Waals surface area contributed by atoms with E-state index in [2.05, 4.69) is 6.92 Å². The van der Waals surface area contributed by atoms with Gasteiger partial charge in [-0.2, -0.15) is 0 Å². The third-order valence-corrected chi connectivity index (χ3v) is 2.66. The van der Waals surface area contributed by atoms with Crippen molar-refractivity contribution in [3.8, 4) is 0 Å². The van der Waals surface area contributed by atoms with Crippen LogP contribution in [0.15, 0.2) is 0 Å². The molecule has 0 nitrogen and oxygen atoms in total. The summed E-state index contributed by atoms with van der Waals surface area (Å²) in [6.07, 6.45) is 10.3. The Morgan fingerprint density at radius 1 is 0.800 bits per heavy atom. The van der Waals surface area contributed by atoms with E-state index in [-0.39, 0.29) is 0 Å². The molecule has 0 aliphatic rings. The molecule has 0 atom stereocenters. The smallest absolute Gasteiger partial charge is 0.101 e. The van der Waals surface area contributed by atoms with Crippen LogP contribution in [0.3, 0.4) is 0 Å². The van der Waals surface area contributed by atoms with Gasteiger partial charge in [-0.1, -0.05) is 51.9 Å². The lowest BCUT2D eigenvalue weighted by Gasteiger charge is -1.97. The topological polar surface area (TPSA) is 0 Å². The van der Waals surface area contributed by atoms with Gasteiger partial charge in [-0.05, 0) is 0 Å². The molecule has 1 heteroatoms. The van der Waals surface area contributed by atoms with Crippen LogP contribution in [0, 0.1) is 0 Å². The van der Waals surface area contributed by atoms with Crippen molar-refractivity contribution < 1.29 is 0 Å². The summed E-state index contributed by atoms with van der Waals surface area (Å²) in [4.78, 5) is 0. The van der Waals surface area contributed by atoms with Crippen LogP contribution in [0.25, 0.3) is 0 Å².